The molecule has 18 heavy (non-hydrogen) atoms. The third-order valence-corrected chi connectivity index (χ3v) is 2.65. The molecule has 1 fully saturated rings. The average molecular weight is 272 g/mol. The van der Waals surface area contributed by atoms with Crippen LogP contribution in [0, 0.1) is 0 Å². The Hall–Kier alpha value is -1.73. The number of carboxylic acid groups (broad SMARTS) is 1. The van der Waals surface area contributed by atoms with Crippen molar-refractivity contribution in [3.05, 3.63) is 17.5 Å². The van der Waals surface area contributed by atoms with Crippen molar-refractivity contribution in [2.24, 2.45) is 0 Å². The molecule has 0 aliphatic carbocycles. The largest absolute Gasteiger partial charge is 0.479 e. The zero-order chi connectivity index (χ0) is 13.1. The summed E-state index contributed by atoms with van der Waals surface area (Å²) < 4.78 is 5.10. The van der Waals surface area contributed by atoms with Crippen molar-refractivity contribution in [3.8, 4) is 0 Å². The van der Waals surface area contributed by atoms with Gasteiger partial charge in [-0.2, -0.15) is 0 Å². The van der Waals surface area contributed by atoms with E-state index in [0.29, 0.717) is 12.8 Å². The molecule has 1 aromatic rings. The summed E-state index contributed by atoms with van der Waals surface area (Å²) in [5.41, 5.74) is 0. The minimum atomic E-state index is -1.06. The summed E-state index contributed by atoms with van der Waals surface area (Å²) in [7, 11) is 0. The van der Waals surface area contributed by atoms with E-state index in [4.69, 9.17) is 21.4 Å². The second-order valence-electron chi connectivity index (χ2n) is 3.73. The fourth-order valence-corrected chi connectivity index (χ4v) is 1.77. The summed E-state index contributed by atoms with van der Waals surface area (Å²) >= 11 is 5.57. The highest BCUT2D eigenvalue weighted by atomic mass is 35.5. The smallest absolute Gasteiger partial charge is 0.332 e. The van der Waals surface area contributed by atoms with E-state index in [2.05, 4.69) is 15.3 Å². The van der Waals surface area contributed by atoms with Crippen molar-refractivity contribution in [1.29, 1.82) is 0 Å². The van der Waals surface area contributed by atoms with Gasteiger partial charge in [-0.1, -0.05) is 0 Å². The number of amides is 1. The SMILES string of the molecule is O=C(Nc1ccnc(Cl)n1)[C@@H]1CC[C@H](C(=O)O)O1. The van der Waals surface area contributed by atoms with E-state index < -0.39 is 24.1 Å². The number of rotatable bonds is 3. The molecular weight excluding hydrogens is 262 g/mol. The highest BCUT2D eigenvalue weighted by molar-refractivity contribution is 6.28. The van der Waals surface area contributed by atoms with Crippen LogP contribution in [-0.4, -0.2) is 39.2 Å². The predicted octanol–water partition coefficient (Wildman–Crippen LogP) is 0.701. The van der Waals surface area contributed by atoms with E-state index in [9.17, 15) is 9.59 Å². The van der Waals surface area contributed by atoms with Crippen LogP contribution in [0.3, 0.4) is 0 Å². The van der Waals surface area contributed by atoms with Gasteiger partial charge in [0.05, 0.1) is 0 Å². The molecule has 1 aliphatic rings. The first-order valence-electron chi connectivity index (χ1n) is 5.24. The predicted molar refractivity (Wildman–Crippen MR) is 61.2 cm³/mol. The Kier molecular flexibility index (Phi) is 3.73. The first-order chi connectivity index (χ1) is 8.56. The number of nitrogens with zero attached hydrogens (tertiary/aromatic N) is 2. The Labute approximate surface area is 107 Å². The lowest BCUT2D eigenvalue weighted by Crippen LogP contribution is -2.30. The lowest BCUT2D eigenvalue weighted by atomic mass is 10.2. The number of aromatic nitrogens is 2. The molecular formula is C10H10ClN3O4. The molecule has 7 nitrogen and oxygen atoms in total. The molecule has 0 spiro atoms. The van der Waals surface area contributed by atoms with Crippen molar-refractivity contribution in [2.45, 2.75) is 25.0 Å². The molecule has 0 unspecified atom stereocenters. The molecule has 1 aromatic heterocycles. The maximum atomic E-state index is 11.8. The lowest BCUT2D eigenvalue weighted by Gasteiger charge is -2.11. The van der Waals surface area contributed by atoms with Crippen LogP contribution in [0.25, 0.3) is 0 Å². The van der Waals surface area contributed by atoms with Crippen LogP contribution < -0.4 is 5.32 Å². The number of carbonyl (C=O) groups is 2. The van der Waals surface area contributed by atoms with Crippen LogP contribution >= 0.6 is 11.6 Å². The normalized spacial score (nSPS) is 22.7. The van der Waals surface area contributed by atoms with Crippen LogP contribution in [0.15, 0.2) is 12.3 Å². The van der Waals surface area contributed by atoms with E-state index in [-0.39, 0.29) is 11.1 Å². The number of nitrogens with one attached hydrogen (secondary N) is 1. The molecule has 0 saturated carbocycles. The van der Waals surface area contributed by atoms with Crippen LogP contribution in [0.5, 0.6) is 0 Å². The molecule has 8 heteroatoms. The van der Waals surface area contributed by atoms with E-state index in [1.54, 1.807) is 0 Å². The molecule has 2 atom stereocenters. The standard InChI is InChI=1S/C10H10ClN3O4/c11-10-12-4-3-7(14-10)13-8(15)5-1-2-6(18-5)9(16)17/h3-6H,1-2H2,(H,16,17)(H,12,13,14,15)/t5-,6+/m0/s1. The zero-order valence-electron chi connectivity index (χ0n) is 9.17. The summed E-state index contributed by atoms with van der Waals surface area (Å²) in [6.45, 7) is 0. The van der Waals surface area contributed by atoms with Crippen molar-refractivity contribution < 1.29 is 19.4 Å². The van der Waals surface area contributed by atoms with Gasteiger partial charge in [0.1, 0.15) is 11.9 Å². The van der Waals surface area contributed by atoms with Gasteiger partial charge in [-0.3, -0.25) is 4.79 Å². The molecule has 1 saturated heterocycles. The van der Waals surface area contributed by atoms with Gasteiger partial charge in [0, 0.05) is 6.20 Å². The van der Waals surface area contributed by atoms with Gasteiger partial charge in [0.2, 0.25) is 5.28 Å². The molecule has 2 N–H and O–H groups in total. The monoisotopic (exact) mass is 271 g/mol. The van der Waals surface area contributed by atoms with Gasteiger partial charge < -0.3 is 15.2 Å². The first-order valence-corrected chi connectivity index (χ1v) is 5.62. The van der Waals surface area contributed by atoms with Crippen molar-refractivity contribution in [1.82, 2.24) is 9.97 Å². The Morgan fingerprint density at radius 2 is 2.17 bits per heavy atom. The number of hydrogen-bond donors (Lipinski definition) is 2. The van der Waals surface area contributed by atoms with Crippen LogP contribution in [0.4, 0.5) is 5.82 Å². The van der Waals surface area contributed by atoms with Gasteiger partial charge in [-0.15, -0.1) is 0 Å². The summed E-state index contributed by atoms with van der Waals surface area (Å²) in [6.07, 6.45) is 0.384. The Morgan fingerprint density at radius 3 is 2.78 bits per heavy atom. The summed E-state index contributed by atoms with van der Waals surface area (Å²) in [5, 5.41) is 11.3. The number of ether oxygens (including phenoxy) is 1. The number of anilines is 1. The number of carbonyl (C=O) groups excluding carboxylic acids is 1. The summed E-state index contributed by atoms with van der Waals surface area (Å²) in [5.74, 6) is -1.24. The number of aliphatic carboxylic acids is 1. The Balaban J connectivity index is 1.95. The van der Waals surface area contributed by atoms with Gasteiger partial charge in [-0.25, -0.2) is 14.8 Å². The van der Waals surface area contributed by atoms with Crippen molar-refractivity contribution >= 4 is 29.3 Å². The number of carboxylic acids is 1. The first kappa shape index (κ1) is 12.7. The molecule has 2 rings (SSSR count). The minimum Gasteiger partial charge on any atom is -0.479 e. The average Bonchev–Trinajstić information content (AvgIpc) is 2.78. The fourth-order valence-electron chi connectivity index (χ4n) is 1.62. The molecule has 0 aromatic carbocycles. The summed E-state index contributed by atoms with van der Waals surface area (Å²) in [6, 6.07) is 1.48. The minimum absolute atomic E-state index is 0.0172. The molecule has 0 bridgehead atoms. The van der Waals surface area contributed by atoms with Gasteiger partial charge in [0.25, 0.3) is 5.91 Å². The van der Waals surface area contributed by atoms with Crippen molar-refractivity contribution in [2.75, 3.05) is 5.32 Å². The topological polar surface area (TPSA) is 101 Å². The summed E-state index contributed by atoms with van der Waals surface area (Å²) in [4.78, 5) is 29.9. The quantitative estimate of drug-likeness (QED) is 0.785. The molecule has 2 heterocycles. The van der Waals surface area contributed by atoms with Gasteiger partial charge in [-0.05, 0) is 30.5 Å². The second-order valence-corrected chi connectivity index (χ2v) is 4.07. The Bertz CT molecular complexity index is 482. The highest BCUT2D eigenvalue weighted by Gasteiger charge is 2.34. The van der Waals surface area contributed by atoms with Gasteiger partial charge in [0.15, 0.2) is 6.10 Å². The molecule has 1 amide bonds. The number of halogens is 1. The van der Waals surface area contributed by atoms with Crippen molar-refractivity contribution in [3.63, 3.8) is 0 Å². The van der Waals surface area contributed by atoms with E-state index in [1.807, 2.05) is 0 Å². The third kappa shape index (κ3) is 2.93. The third-order valence-electron chi connectivity index (χ3n) is 2.46. The fraction of sp³-hybridized carbons (Fsp3) is 0.400. The lowest BCUT2D eigenvalue weighted by molar-refractivity contribution is -0.150. The maximum Gasteiger partial charge on any atom is 0.332 e. The van der Waals surface area contributed by atoms with E-state index >= 15 is 0 Å². The molecule has 0 radical (unpaired) electrons. The zero-order valence-corrected chi connectivity index (χ0v) is 9.92. The Morgan fingerprint density at radius 1 is 1.44 bits per heavy atom. The number of hydrogen-bond acceptors (Lipinski definition) is 5. The highest BCUT2D eigenvalue weighted by Crippen LogP contribution is 2.21. The molecule has 96 valence electrons. The van der Waals surface area contributed by atoms with Gasteiger partial charge >= 0.3 is 5.97 Å². The van der Waals surface area contributed by atoms with Crippen LogP contribution in [0.1, 0.15) is 12.8 Å². The van der Waals surface area contributed by atoms with Crippen LogP contribution in [0.2, 0.25) is 5.28 Å². The molecule has 1 aliphatic heterocycles. The van der Waals surface area contributed by atoms with E-state index in [0.717, 1.165) is 0 Å². The second kappa shape index (κ2) is 5.28. The van der Waals surface area contributed by atoms with Crippen LogP contribution in [-0.2, 0) is 14.3 Å². The van der Waals surface area contributed by atoms with E-state index in [1.165, 1.54) is 12.3 Å². The maximum absolute atomic E-state index is 11.8.